The van der Waals surface area contributed by atoms with Gasteiger partial charge in [-0.3, -0.25) is 14.9 Å². The van der Waals surface area contributed by atoms with Gasteiger partial charge in [-0.05, 0) is 18.8 Å². The van der Waals surface area contributed by atoms with Gasteiger partial charge in [0.25, 0.3) is 0 Å². The smallest absolute Gasteiger partial charge is 0.413 e. The predicted molar refractivity (Wildman–Crippen MR) is 94.1 cm³/mol. The molecule has 1 aliphatic rings. The minimum absolute atomic E-state index is 0.0397. The highest BCUT2D eigenvalue weighted by Crippen LogP contribution is 2.20. The molecule has 3 amide bonds. The SMILES string of the molecule is CC(C)COC(=O)Nc1nc(CC(=O)N2CCC(C(N)=O)CC2)cs1. The van der Waals surface area contributed by atoms with Crippen molar-refractivity contribution in [1.29, 1.82) is 0 Å². The second kappa shape index (κ2) is 8.80. The molecule has 25 heavy (non-hydrogen) atoms. The van der Waals surface area contributed by atoms with Crippen LogP contribution in [0.3, 0.4) is 0 Å². The molecule has 1 aliphatic heterocycles. The number of hydrogen-bond acceptors (Lipinski definition) is 6. The number of amides is 3. The molecule has 0 aliphatic carbocycles. The molecule has 1 aromatic heterocycles. The number of nitrogens with two attached hydrogens (primary N) is 1. The fourth-order valence-corrected chi connectivity index (χ4v) is 3.19. The van der Waals surface area contributed by atoms with Crippen LogP contribution < -0.4 is 11.1 Å². The second-order valence-corrected chi connectivity index (χ2v) is 7.35. The van der Waals surface area contributed by atoms with Crippen LogP contribution in [0.1, 0.15) is 32.4 Å². The van der Waals surface area contributed by atoms with Crippen LogP contribution in [0.15, 0.2) is 5.38 Å². The van der Waals surface area contributed by atoms with Gasteiger partial charge >= 0.3 is 6.09 Å². The number of anilines is 1. The van der Waals surface area contributed by atoms with E-state index in [1.807, 2.05) is 13.8 Å². The molecule has 138 valence electrons. The van der Waals surface area contributed by atoms with Crippen molar-refractivity contribution in [2.75, 3.05) is 25.0 Å². The second-order valence-electron chi connectivity index (χ2n) is 6.50. The van der Waals surface area contributed by atoms with E-state index in [0.717, 1.165) is 0 Å². The summed E-state index contributed by atoms with van der Waals surface area (Å²) < 4.78 is 5.03. The summed E-state index contributed by atoms with van der Waals surface area (Å²) in [7, 11) is 0. The third-order valence-electron chi connectivity index (χ3n) is 3.89. The molecule has 0 saturated carbocycles. The zero-order chi connectivity index (χ0) is 18.4. The van der Waals surface area contributed by atoms with Gasteiger partial charge in [0, 0.05) is 24.4 Å². The van der Waals surface area contributed by atoms with Gasteiger partial charge in [-0.25, -0.2) is 9.78 Å². The van der Waals surface area contributed by atoms with Gasteiger partial charge in [0.1, 0.15) is 0 Å². The molecule has 1 aromatic rings. The van der Waals surface area contributed by atoms with Gasteiger partial charge in [-0.1, -0.05) is 13.8 Å². The zero-order valence-corrected chi connectivity index (χ0v) is 15.3. The first-order chi connectivity index (χ1) is 11.8. The number of nitrogens with one attached hydrogen (secondary N) is 1. The number of rotatable bonds is 6. The molecule has 0 spiro atoms. The van der Waals surface area contributed by atoms with E-state index in [1.165, 1.54) is 11.3 Å². The largest absolute Gasteiger partial charge is 0.449 e. The van der Waals surface area contributed by atoms with Gasteiger partial charge in [0.05, 0.1) is 18.7 Å². The Morgan fingerprint density at radius 1 is 1.40 bits per heavy atom. The molecule has 0 radical (unpaired) electrons. The van der Waals surface area contributed by atoms with Crippen LogP contribution in [0.25, 0.3) is 0 Å². The van der Waals surface area contributed by atoms with Gasteiger partial charge < -0.3 is 15.4 Å². The molecule has 3 N–H and O–H groups in total. The van der Waals surface area contributed by atoms with Crippen LogP contribution in [0, 0.1) is 11.8 Å². The highest BCUT2D eigenvalue weighted by molar-refractivity contribution is 7.13. The minimum atomic E-state index is -0.547. The number of carbonyl (C=O) groups excluding carboxylic acids is 3. The Labute approximate surface area is 150 Å². The monoisotopic (exact) mass is 368 g/mol. The summed E-state index contributed by atoms with van der Waals surface area (Å²) in [6.45, 7) is 5.30. The fourth-order valence-electron chi connectivity index (χ4n) is 2.49. The lowest BCUT2D eigenvalue weighted by molar-refractivity contribution is -0.134. The maximum Gasteiger partial charge on any atom is 0.413 e. The molecule has 0 bridgehead atoms. The van der Waals surface area contributed by atoms with Gasteiger partial charge in [0.2, 0.25) is 11.8 Å². The Kier molecular flexibility index (Phi) is 6.74. The molecule has 9 heteroatoms. The van der Waals surface area contributed by atoms with E-state index in [1.54, 1.807) is 10.3 Å². The number of likely N-dealkylation sites (tertiary alicyclic amines) is 1. The lowest BCUT2D eigenvalue weighted by Gasteiger charge is -2.30. The first-order valence-electron chi connectivity index (χ1n) is 8.30. The first-order valence-corrected chi connectivity index (χ1v) is 9.18. The van der Waals surface area contributed by atoms with Crippen molar-refractivity contribution < 1.29 is 19.1 Å². The third-order valence-corrected chi connectivity index (χ3v) is 4.70. The minimum Gasteiger partial charge on any atom is -0.449 e. The highest BCUT2D eigenvalue weighted by atomic mass is 32.1. The van der Waals surface area contributed by atoms with E-state index in [4.69, 9.17) is 10.5 Å². The molecular formula is C16H24N4O4S. The highest BCUT2D eigenvalue weighted by Gasteiger charge is 2.26. The number of ether oxygens (including phenoxy) is 1. The Morgan fingerprint density at radius 3 is 2.68 bits per heavy atom. The number of carbonyl (C=O) groups is 3. The van der Waals surface area contributed by atoms with Crippen LogP contribution in [-0.2, 0) is 20.7 Å². The van der Waals surface area contributed by atoms with E-state index in [9.17, 15) is 14.4 Å². The molecular weight excluding hydrogens is 344 g/mol. The average Bonchev–Trinajstić information content (AvgIpc) is 2.99. The molecule has 0 atom stereocenters. The topological polar surface area (TPSA) is 115 Å². The zero-order valence-electron chi connectivity index (χ0n) is 14.5. The van der Waals surface area contributed by atoms with Crippen LogP contribution in [0.5, 0.6) is 0 Å². The summed E-state index contributed by atoms with van der Waals surface area (Å²) >= 11 is 1.25. The van der Waals surface area contributed by atoms with Crippen molar-refractivity contribution in [3.63, 3.8) is 0 Å². The molecule has 0 aromatic carbocycles. The quantitative estimate of drug-likeness (QED) is 0.792. The van der Waals surface area contributed by atoms with Crippen LogP contribution >= 0.6 is 11.3 Å². The third kappa shape index (κ3) is 6.00. The summed E-state index contributed by atoms with van der Waals surface area (Å²) in [5.41, 5.74) is 5.90. The Morgan fingerprint density at radius 2 is 2.08 bits per heavy atom. The van der Waals surface area contributed by atoms with Crippen molar-refractivity contribution in [1.82, 2.24) is 9.88 Å². The lowest BCUT2D eigenvalue weighted by Crippen LogP contribution is -2.42. The first kappa shape index (κ1) is 19.2. The van der Waals surface area contributed by atoms with Crippen LogP contribution in [0.4, 0.5) is 9.93 Å². The van der Waals surface area contributed by atoms with Crippen molar-refractivity contribution in [2.24, 2.45) is 17.6 Å². The number of aromatic nitrogens is 1. The fraction of sp³-hybridized carbons (Fsp3) is 0.625. The van der Waals surface area contributed by atoms with Crippen molar-refractivity contribution >= 4 is 34.4 Å². The summed E-state index contributed by atoms with van der Waals surface area (Å²) in [5, 5.41) is 4.71. The Balaban J connectivity index is 1.79. The van der Waals surface area contributed by atoms with Gasteiger partial charge in [-0.15, -0.1) is 11.3 Å². The van der Waals surface area contributed by atoms with Crippen molar-refractivity contribution in [3.05, 3.63) is 11.1 Å². The Bertz CT molecular complexity index is 623. The van der Waals surface area contributed by atoms with E-state index in [0.29, 0.717) is 43.4 Å². The molecule has 0 unspecified atom stereocenters. The maximum absolute atomic E-state index is 12.3. The Hall–Kier alpha value is -2.16. The molecule has 8 nitrogen and oxygen atoms in total. The van der Waals surface area contributed by atoms with Crippen molar-refractivity contribution in [2.45, 2.75) is 33.1 Å². The van der Waals surface area contributed by atoms with E-state index in [2.05, 4.69) is 10.3 Å². The number of piperidine rings is 1. The molecule has 2 rings (SSSR count). The van der Waals surface area contributed by atoms with E-state index < -0.39 is 6.09 Å². The average molecular weight is 368 g/mol. The van der Waals surface area contributed by atoms with Crippen LogP contribution in [0.2, 0.25) is 0 Å². The van der Waals surface area contributed by atoms with E-state index >= 15 is 0 Å². The summed E-state index contributed by atoms with van der Waals surface area (Å²) in [6, 6.07) is 0. The number of thiazole rings is 1. The summed E-state index contributed by atoms with van der Waals surface area (Å²) in [5.74, 6) is -0.223. The lowest BCUT2D eigenvalue weighted by atomic mass is 9.96. The molecule has 2 heterocycles. The van der Waals surface area contributed by atoms with Crippen molar-refractivity contribution in [3.8, 4) is 0 Å². The molecule has 1 fully saturated rings. The number of primary amides is 1. The summed E-state index contributed by atoms with van der Waals surface area (Å²) in [6.07, 6.45) is 0.828. The van der Waals surface area contributed by atoms with Gasteiger partial charge in [0.15, 0.2) is 5.13 Å². The normalized spacial score (nSPS) is 15.2. The number of nitrogens with zero attached hydrogens (tertiary/aromatic N) is 2. The standard InChI is InChI=1S/C16H24N4O4S/c1-10(2)8-24-16(23)19-15-18-12(9-25-15)7-13(21)20-5-3-11(4-6-20)14(17)22/h9-11H,3-8H2,1-2H3,(H2,17,22)(H,18,19,23). The predicted octanol–water partition coefficient (Wildman–Crippen LogP) is 1.61. The number of hydrogen-bond donors (Lipinski definition) is 2. The van der Waals surface area contributed by atoms with Crippen LogP contribution in [-0.4, -0.2) is 47.5 Å². The van der Waals surface area contributed by atoms with Gasteiger partial charge in [-0.2, -0.15) is 0 Å². The van der Waals surface area contributed by atoms with E-state index in [-0.39, 0.29) is 30.1 Å². The molecule has 1 saturated heterocycles. The summed E-state index contributed by atoms with van der Waals surface area (Å²) in [4.78, 5) is 41.0. The maximum atomic E-state index is 12.3.